The van der Waals surface area contributed by atoms with E-state index in [-0.39, 0.29) is 12.1 Å². The van der Waals surface area contributed by atoms with Crippen LogP contribution in [-0.2, 0) is 6.54 Å². The lowest BCUT2D eigenvalue weighted by atomic mass is 10.1. The summed E-state index contributed by atoms with van der Waals surface area (Å²) in [6.07, 6.45) is 2.59. The lowest BCUT2D eigenvalue weighted by Crippen LogP contribution is -2.20. The lowest BCUT2D eigenvalue weighted by molar-refractivity contribution is 0.194. The third-order valence-corrected chi connectivity index (χ3v) is 3.98. The van der Waals surface area contributed by atoms with Gasteiger partial charge in [-0.15, -0.1) is 5.10 Å². The second-order valence-electron chi connectivity index (χ2n) is 5.88. The number of rotatable bonds is 7. The summed E-state index contributed by atoms with van der Waals surface area (Å²) in [7, 11) is 0. The van der Waals surface area contributed by atoms with E-state index in [0.29, 0.717) is 16.9 Å². The minimum absolute atomic E-state index is 0.0850. The molecule has 1 amide bonds. The van der Waals surface area contributed by atoms with Crippen molar-refractivity contribution in [3.8, 4) is 11.3 Å². The molecular weight excluding hydrogens is 337 g/mol. The Bertz CT molecular complexity index is 925. The van der Waals surface area contributed by atoms with Crippen molar-refractivity contribution in [1.82, 2.24) is 19.9 Å². The van der Waals surface area contributed by atoms with Crippen LogP contribution < -0.4 is 10.6 Å². The predicted octanol–water partition coefficient (Wildman–Crippen LogP) is 3.52. The van der Waals surface area contributed by atoms with Gasteiger partial charge in [-0.25, -0.2) is 18.7 Å². The SMILES string of the molecule is CCCCNc1ccc2ncc(-c3ccc(CNC(=O)O)c(F)c3)n2n1. The molecule has 3 aromatic rings. The van der Waals surface area contributed by atoms with Crippen LogP contribution in [0.25, 0.3) is 16.9 Å². The van der Waals surface area contributed by atoms with Crippen molar-refractivity contribution in [3.63, 3.8) is 0 Å². The molecule has 2 heterocycles. The summed E-state index contributed by atoms with van der Waals surface area (Å²) in [5, 5.41) is 18.6. The van der Waals surface area contributed by atoms with Crippen LogP contribution >= 0.6 is 0 Å². The van der Waals surface area contributed by atoms with Crippen LogP contribution in [0, 0.1) is 5.82 Å². The molecule has 3 rings (SSSR count). The van der Waals surface area contributed by atoms with E-state index >= 15 is 0 Å². The average molecular weight is 357 g/mol. The summed E-state index contributed by atoms with van der Waals surface area (Å²) in [5.41, 5.74) is 2.22. The molecule has 0 radical (unpaired) electrons. The highest BCUT2D eigenvalue weighted by Gasteiger charge is 2.11. The van der Waals surface area contributed by atoms with Crippen molar-refractivity contribution in [1.29, 1.82) is 0 Å². The quantitative estimate of drug-likeness (QED) is 0.563. The topological polar surface area (TPSA) is 91.5 Å². The smallest absolute Gasteiger partial charge is 0.404 e. The Hall–Kier alpha value is -3.16. The number of benzene rings is 1. The zero-order chi connectivity index (χ0) is 18.5. The molecule has 0 aliphatic heterocycles. The number of carbonyl (C=O) groups is 1. The minimum atomic E-state index is -1.19. The second kappa shape index (κ2) is 7.81. The Kier molecular flexibility index (Phi) is 5.31. The third-order valence-electron chi connectivity index (χ3n) is 3.98. The van der Waals surface area contributed by atoms with Crippen molar-refractivity contribution in [3.05, 3.63) is 47.9 Å². The highest BCUT2D eigenvalue weighted by Crippen LogP contribution is 2.23. The highest BCUT2D eigenvalue weighted by atomic mass is 19.1. The molecule has 8 heteroatoms. The van der Waals surface area contributed by atoms with Gasteiger partial charge in [-0.3, -0.25) is 0 Å². The zero-order valence-electron chi connectivity index (χ0n) is 14.4. The Morgan fingerprint density at radius 2 is 2.15 bits per heavy atom. The van der Waals surface area contributed by atoms with Crippen LogP contribution in [0.2, 0.25) is 0 Å². The monoisotopic (exact) mass is 357 g/mol. The zero-order valence-corrected chi connectivity index (χ0v) is 14.4. The van der Waals surface area contributed by atoms with Crippen molar-refractivity contribution < 1.29 is 14.3 Å². The number of amides is 1. The van der Waals surface area contributed by atoms with Gasteiger partial charge in [-0.2, -0.15) is 0 Å². The highest BCUT2D eigenvalue weighted by molar-refractivity contribution is 5.65. The molecule has 0 fully saturated rings. The normalized spacial score (nSPS) is 10.8. The van der Waals surface area contributed by atoms with E-state index < -0.39 is 11.9 Å². The van der Waals surface area contributed by atoms with E-state index in [0.717, 1.165) is 25.2 Å². The first kappa shape index (κ1) is 17.7. The van der Waals surface area contributed by atoms with Gasteiger partial charge in [0.1, 0.15) is 11.6 Å². The molecule has 0 saturated carbocycles. The van der Waals surface area contributed by atoms with Crippen LogP contribution in [0.15, 0.2) is 36.5 Å². The van der Waals surface area contributed by atoms with Crippen molar-refractivity contribution in [2.45, 2.75) is 26.3 Å². The molecule has 0 aliphatic rings. The van der Waals surface area contributed by atoms with Gasteiger partial charge in [0.15, 0.2) is 5.65 Å². The average Bonchev–Trinajstić information content (AvgIpc) is 3.04. The van der Waals surface area contributed by atoms with Crippen molar-refractivity contribution >= 4 is 17.6 Å². The van der Waals surface area contributed by atoms with E-state index in [9.17, 15) is 9.18 Å². The van der Waals surface area contributed by atoms with E-state index in [1.54, 1.807) is 22.8 Å². The van der Waals surface area contributed by atoms with Crippen LogP contribution in [0.3, 0.4) is 0 Å². The summed E-state index contributed by atoms with van der Waals surface area (Å²) in [4.78, 5) is 14.9. The molecule has 7 nitrogen and oxygen atoms in total. The fourth-order valence-electron chi connectivity index (χ4n) is 2.58. The second-order valence-corrected chi connectivity index (χ2v) is 5.88. The Labute approximate surface area is 149 Å². The molecule has 0 atom stereocenters. The molecule has 26 heavy (non-hydrogen) atoms. The van der Waals surface area contributed by atoms with E-state index in [1.807, 2.05) is 12.1 Å². The number of anilines is 1. The molecule has 136 valence electrons. The van der Waals surface area contributed by atoms with Gasteiger partial charge in [0.05, 0.1) is 11.9 Å². The molecule has 0 saturated heterocycles. The standard InChI is InChI=1S/C18H20FN5O2/c1-2-3-8-20-16-6-7-17-21-11-15(24(17)23-16)12-4-5-13(14(19)9-12)10-22-18(25)26/h4-7,9,11,22H,2-3,8,10H2,1H3,(H,20,23)(H,25,26). The number of imidazole rings is 1. The summed E-state index contributed by atoms with van der Waals surface area (Å²) >= 11 is 0. The van der Waals surface area contributed by atoms with Crippen LogP contribution in [-0.4, -0.2) is 32.3 Å². The molecule has 0 bridgehead atoms. The fourth-order valence-corrected chi connectivity index (χ4v) is 2.58. The van der Waals surface area contributed by atoms with E-state index in [4.69, 9.17) is 5.11 Å². The first-order valence-corrected chi connectivity index (χ1v) is 8.42. The lowest BCUT2D eigenvalue weighted by Gasteiger charge is -2.08. The summed E-state index contributed by atoms with van der Waals surface area (Å²) in [6.45, 7) is 2.87. The van der Waals surface area contributed by atoms with Crippen LogP contribution in [0.5, 0.6) is 0 Å². The van der Waals surface area contributed by atoms with Gasteiger partial charge in [0.2, 0.25) is 0 Å². The Morgan fingerprint density at radius 3 is 2.88 bits per heavy atom. The number of fused-ring (bicyclic) bond motifs is 1. The summed E-state index contributed by atoms with van der Waals surface area (Å²) < 4.78 is 15.9. The maximum absolute atomic E-state index is 14.3. The molecule has 0 aliphatic carbocycles. The number of carboxylic acid groups (broad SMARTS) is 1. The van der Waals surface area contributed by atoms with E-state index in [2.05, 4.69) is 27.6 Å². The number of hydrogen-bond acceptors (Lipinski definition) is 4. The molecule has 1 aromatic carbocycles. The molecule has 3 N–H and O–H groups in total. The first-order chi connectivity index (χ1) is 12.6. The van der Waals surface area contributed by atoms with Crippen LogP contribution in [0.1, 0.15) is 25.3 Å². The molecule has 0 spiro atoms. The van der Waals surface area contributed by atoms with E-state index in [1.165, 1.54) is 6.07 Å². The van der Waals surface area contributed by atoms with Crippen molar-refractivity contribution in [2.24, 2.45) is 0 Å². The molecule has 2 aromatic heterocycles. The molecule has 0 unspecified atom stereocenters. The van der Waals surface area contributed by atoms with Gasteiger partial charge in [-0.1, -0.05) is 25.5 Å². The first-order valence-electron chi connectivity index (χ1n) is 8.42. The number of unbranched alkanes of at least 4 members (excludes halogenated alkanes) is 1. The summed E-state index contributed by atoms with van der Waals surface area (Å²) in [6, 6.07) is 8.37. The fraction of sp³-hybridized carbons (Fsp3) is 0.278. The number of aromatic nitrogens is 3. The number of halogens is 1. The molecular formula is C18H20FN5O2. The number of hydrogen-bond donors (Lipinski definition) is 3. The predicted molar refractivity (Wildman–Crippen MR) is 96.6 cm³/mol. The van der Waals surface area contributed by atoms with Crippen molar-refractivity contribution in [2.75, 3.05) is 11.9 Å². The Balaban J connectivity index is 1.88. The maximum Gasteiger partial charge on any atom is 0.404 e. The minimum Gasteiger partial charge on any atom is -0.465 e. The van der Waals surface area contributed by atoms with Gasteiger partial charge in [0.25, 0.3) is 0 Å². The van der Waals surface area contributed by atoms with Gasteiger partial charge >= 0.3 is 6.09 Å². The van der Waals surface area contributed by atoms with Gasteiger partial charge in [0, 0.05) is 24.2 Å². The maximum atomic E-state index is 14.3. The summed E-state index contributed by atoms with van der Waals surface area (Å²) in [5.74, 6) is 0.247. The Morgan fingerprint density at radius 1 is 1.31 bits per heavy atom. The van der Waals surface area contributed by atoms with Crippen LogP contribution in [0.4, 0.5) is 15.0 Å². The van der Waals surface area contributed by atoms with Gasteiger partial charge < -0.3 is 15.7 Å². The largest absolute Gasteiger partial charge is 0.465 e. The number of nitrogens with one attached hydrogen (secondary N) is 2. The van der Waals surface area contributed by atoms with Gasteiger partial charge in [-0.05, 0) is 24.6 Å². The third kappa shape index (κ3) is 3.90. The number of nitrogens with zero attached hydrogens (tertiary/aromatic N) is 3.